The lowest BCUT2D eigenvalue weighted by molar-refractivity contribution is 0.00431. The van der Waals surface area contributed by atoms with Crippen LogP contribution in [-0.2, 0) is 33.2 Å². The second-order valence-electron chi connectivity index (χ2n) is 15.6. The van der Waals surface area contributed by atoms with Gasteiger partial charge in [-0.25, -0.2) is 0 Å². The first kappa shape index (κ1) is 52.2. The van der Waals surface area contributed by atoms with E-state index in [0.29, 0.717) is 84.8 Å². The van der Waals surface area contributed by atoms with Crippen molar-refractivity contribution in [1.29, 1.82) is 0 Å². The van der Waals surface area contributed by atoms with E-state index in [1.54, 1.807) is 6.08 Å². The quantitative estimate of drug-likeness (QED) is 0.0290. The van der Waals surface area contributed by atoms with Gasteiger partial charge in [0.25, 0.3) is 0 Å². The lowest BCUT2D eigenvalue weighted by atomic mass is 9.76. The van der Waals surface area contributed by atoms with Crippen molar-refractivity contribution in [3.63, 3.8) is 0 Å². The molecule has 3 unspecified atom stereocenters. The highest BCUT2D eigenvalue weighted by atomic mass is 16.5. The molecule has 3 rings (SSSR count). The summed E-state index contributed by atoms with van der Waals surface area (Å²) in [5, 5.41) is 27.6. The van der Waals surface area contributed by atoms with E-state index >= 15 is 0 Å². The topological polar surface area (TPSA) is 181 Å². The van der Waals surface area contributed by atoms with Crippen LogP contribution in [0.5, 0.6) is 0 Å². The number of unbranched alkanes of at least 4 members (excludes halogenated alkanes) is 2. The largest absolute Gasteiger partial charge is 0.491 e. The molecule has 8 N–H and O–H groups in total. The van der Waals surface area contributed by atoms with Gasteiger partial charge in [0.05, 0.1) is 45.2 Å². The van der Waals surface area contributed by atoms with Crippen LogP contribution >= 0.6 is 0 Å². The highest BCUT2D eigenvalue weighted by molar-refractivity contribution is 5.44. The maximum atomic E-state index is 10.6. The Morgan fingerprint density at radius 3 is 1.88 bits per heavy atom. The van der Waals surface area contributed by atoms with Crippen LogP contribution in [0.3, 0.4) is 0 Å². The summed E-state index contributed by atoms with van der Waals surface area (Å²) in [4.78, 5) is 0. The van der Waals surface area contributed by atoms with Gasteiger partial charge in [-0.2, -0.15) is 0 Å². The fourth-order valence-corrected chi connectivity index (χ4v) is 6.65. The minimum atomic E-state index is -0.630. The molecule has 2 bridgehead atoms. The van der Waals surface area contributed by atoms with E-state index in [4.69, 9.17) is 44.6 Å². The van der Waals surface area contributed by atoms with Crippen molar-refractivity contribution >= 4 is 0 Å². The molecule has 1 saturated carbocycles. The summed E-state index contributed by atoms with van der Waals surface area (Å²) in [6.45, 7) is 19.2. The number of hydrogen-bond donors (Lipinski definition) is 6. The van der Waals surface area contributed by atoms with Crippen molar-refractivity contribution in [3.8, 4) is 0 Å². The van der Waals surface area contributed by atoms with Gasteiger partial charge in [-0.15, -0.1) is 0 Å². The Labute approximate surface area is 350 Å². The van der Waals surface area contributed by atoms with E-state index in [0.717, 1.165) is 104 Å². The predicted molar refractivity (Wildman–Crippen MR) is 233 cm³/mol. The van der Waals surface area contributed by atoms with Crippen molar-refractivity contribution in [2.75, 3.05) is 119 Å². The molecule has 3 atom stereocenters. The summed E-state index contributed by atoms with van der Waals surface area (Å²) in [5.41, 5.74) is 14.8. The summed E-state index contributed by atoms with van der Waals surface area (Å²) in [5.74, 6) is 0.618. The average molecular weight is 823 g/mol. The maximum Gasteiger partial charge on any atom is 0.118 e. The van der Waals surface area contributed by atoms with Gasteiger partial charge in [0, 0.05) is 58.1 Å². The Hall–Kier alpha value is -1.98. The summed E-state index contributed by atoms with van der Waals surface area (Å²) >= 11 is 0. The lowest BCUT2D eigenvalue weighted by Gasteiger charge is -2.32. The molecule has 0 aromatic carbocycles. The second-order valence-corrected chi connectivity index (χ2v) is 15.6. The van der Waals surface area contributed by atoms with Crippen LogP contribution in [0.1, 0.15) is 84.5 Å². The number of nitrogens with one attached hydrogen (secondary N) is 2. The fraction of sp³-hybridized carbons (Fsp3) is 0.778. The van der Waals surface area contributed by atoms with Crippen molar-refractivity contribution < 1.29 is 43.4 Å². The van der Waals surface area contributed by atoms with Gasteiger partial charge in [0.1, 0.15) is 18.5 Å². The van der Waals surface area contributed by atoms with Crippen LogP contribution in [0.4, 0.5) is 0 Å². The van der Waals surface area contributed by atoms with Crippen molar-refractivity contribution in [2.24, 2.45) is 16.9 Å². The van der Waals surface area contributed by atoms with Crippen molar-refractivity contribution in [1.82, 2.24) is 10.6 Å². The van der Waals surface area contributed by atoms with Crippen LogP contribution in [0, 0.1) is 5.41 Å². The summed E-state index contributed by atoms with van der Waals surface area (Å²) in [7, 11) is 0. The molecule has 0 amide bonds. The van der Waals surface area contributed by atoms with Gasteiger partial charge in [0.15, 0.2) is 0 Å². The molecule has 1 fully saturated rings. The number of nitrogens with two attached hydrogens (primary N) is 2. The zero-order valence-electron chi connectivity index (χ0n) is 36.2. The third kappa shape index (κ3) is 25.6. The number of aliphatic hydroxyl groups is 2. The molecule has 58 heavy (non-hydrogen) atoms. The molecule has 336 valence electrons. The molecule has 0 aromatic heterocycles. The molecule has 13 heteroatoms. The van der Waals surface area contributed by atoms with E-state index in [1.807, 2.05) is 12.2 Å². The van der Waals surface area contributed by atoms with Gasteiger partial charge in [0.2, 0.25) is 0 Å². The highest BCUT2D eigenvalue weighted by Gasteiger charge is 2.32. The number of rotatable bonds is 40. The first-order valence-corrected chi connectivity index (χ1v) is 22.1. The van der Waals surface area contributed by atoms with Gasteiger partial charge < -0.3 is 65.5 Å². The number of fused-ring (bicyclic) bond motifs is 4. The molecule has 0 radical (unpaired) electrons. The van der Waals surface area contributed by atoms with Crippen molar-refractivity contribution in [2.45, 2.75) is 103 Å². The standard InChI is InChI=1S/C45H82N4O9/c1-4-42(57-36-40(50)34-48-20-12-26-53-23-7-5-6-22-52-24-10-18-46)16-9-17-45(2,3)43-32-39-15-8-14-38(43)33-44(39)58-37-41(51)35-49-21-13-27-55-29-31-56-30-28-54-25-11-19-47/h4,9,16-17,32,40-41,44,48-51H,1,5-8,10-15,18-31,33-37,46-47H2,2-3H3/b17-9+,42-16+. The van der Waals surface area contributed by atoms with E-state index in [9.17, 15) is 10.2 Å². The highest BCUT2D eigenvalue weighted by Crippen LogP contribution is 2.43. The van der Waals surface area contributed by atoms with Crippen LogP contribution in [0.2, 0.25) is 0 Å². The second kappa shape index (κ2) is 34.7. The van der Waals surface area contributed by atoms with Crippen LogP contribution in [0.25, 0.3) is 0 Å². The first-order chi connectivity index (χ1) is 28.3. The Balaban J connectivity index is 1.59. The summed E-state index contributed by atoms with van der Waals surface area (Å²) < 4.78 is 39.9. The Bertz CT molecular complexity index is 1160. The van der Waals surface area contributed by atoms with E-state index in [-0.39, 0.29) is 18.1 Å². The Morgan fingerprint density at radius 2 is 1.29 bits per heavy atom. The van der Waals surface area contributed by atoms with Gasteiger partial charge in [-0.05, 0) is 120 Å². The van der Waals surface area contributed by atoms with E-state index in [1.165, 1.54) is 16.7 Å². The fourth-order valence-electron chi connectivity index (χ4n) is 6.65. The van der Waals surface area contributed by atoms with Crippen LogP contribution < -0.4 is 22.1 Å². The molecule has 3 aliphatic rings. The molecule has 3 aliphatic carbocycles. The molecular weight excluding hydrogens is 741 g/mol. The normalized spacial score (nSPS) is 17.2. The zero-order chi connectivity index (χ0) is 41.9. The van der Waals surface area contributed by atoms with Crippen molar-refractivity contribution in [3.05, 3.63) is 59.4 Å². The zero-order valence-corrected chi connectivity index (χ0v) is 36.2. The van der Waals surface area contributed by atoms with Gasteiger partial charge in [-0.1, -0.05) is 44.2 Å². The van der Waals surface area contributed by atoms with Crippen LogP contribution in [0.15, 0.2) is 59.4 Å². The molecule has 13 nitrogen and oxygen atoms in total. The summed E-state index contributed by atoms with van der Waals surface area (Å²) in [6.07, 6.45) is 19.7. The van der Waals surface area contributed by atoms with E-state index < -0.39 is 12.2 Å². The SMILES string of the molecule is C=C/C(=C\C=C\C(C)(C)C1=C2CCCC(=C1)C(OCC(O)CNCCCOCCOCCOCCCN)C2)OCC(O)CNCCCOCCCCCOCCCN. The molecule has 0 aromatic rings. The number of ether oxygens (including phenoxy) is 7. The number of allylic oxidation sites excluding steroid dienone is 6. The predicted octanol–water partition coefficient (Wildman–Crippen LogP) is 4.48. The Kier molecular flexibility index (Phi) is 31.2. The van der Waals surface area contributed by atoms with Gasteiger partial charge >= 0.3 is 0 Å². The monoisotopic (exact) mass is 823 g/mol. The minimum Gasteiger partial charge on any atom is -0.491 e. The lowest BCUT2D eigenvalue weighted by Crippen LogP contribution is -2.33. The third-order valence-corrected chi connectivity index (χ3v) is 9.95. The maximum absolute atomic E-state index is 10.6. The molecule has 0 heterocycles. The van der Waals surface area contributed by atoms with E-state index in [2.05, 4.69) is 43.2 Å². The summed E-state index contributed by atoms with van der Waals surface area (Å²) in [6, 6.07) is 0. The molecular formula is C45H82N4O9. The number of hydrogen-bond acceptors (Lipinski definition) is 13. The van der Waals surface area contributed by atoms with Gasteiger partial charge in [-0.3, -0.25) is 0 Å². The molecule has 0 aliphatic heterocycles. The average Bonchev–Trinajstić information content (AvgIpc) is 3.56. The first-order valence-electron chi connectivity index (χ1n) is 22.1. The molecule has 0 saturated heterocycles. The minimum absolute atomic E-state index is 0.0109. The third-order valence-electron chi connectivity index (χ3n) is 9.95. The Morgan fingerprint density at radius 1 is 0.759 bits per heavy atom. The number of aliphatic hydroxyl groups excluding tert-OH is 2. The van der Waals surface area contributed by atoms with Crippen LogP contribution in [-0.4, -0.2) is 147 Å². The smallest absolute Gasteiger partial charge is 0.118 e. The molecule has 0 spiro atoms.